The second-order valence-corrected chi connectivity index (χ2v) is 4.61. The van der Waals surface area contributed by atoms with Crippen molar-refractivity contribution in [3.8, 4) is 0 Å². The summed E-state index contributed by atoms with van der Waals surface area (Å²) in [4.78, 5) is 0. The van der Waals surface area contributed by atoms with Crippen LogP contribution in [0, 0.1) is 0 Å². The smallest absolute Gasteiger partial charge is 0.0845 e. The highest BCUT2D eigenvalue weighted by atomic mass is 79.9. The maximum absolute atomic E-state index is 5.51. The van der Waals surface area contributed by atoms with Gasteiger partial charge in [-0.3, -0.25) is 0 Å². The highest BCUT2D eigenvalue weighted by molar-refractivity contribution is 9.10. The second kappa shape index (κ2) is 4.45. The van der Waals surface area contributed by atoms with Gasteiger partial charge in [-0.25, -0.2) is 0 Å². The van der Waals surface area contributed by atoms with Crippen molar-refractivity contribution < 1.29 is 4.74 Å². The molecule has 1 saturated heterocycles. The summed E-state index contributed by atoms with van der Waals surface area (Å²) < 4.78 is 6.73. The predicted molar refractivity (Wildman–Crippen MR) is 61.4 cm³/mol. The Labute approximate surface area is 93.6 Å². The van der Waals surface area contributed by atoms with Crippen LogP contribution in [0.2, 0.25) is 0 Å². The first-order valence-corrected chi connectivity index (χ1v) is 5.99. The van der Waals surface area contributed by atoms with Crippen molar-refractivity contribution in [2.75, 3.05) is 0 Å². The topological polar surface area (TPSA) is 12.5 Å². The molecule has 0 radical (unpaired) electrons. The summed E-state index contributed by atoms with van der Waals surface area (Å²) in [5.41, 5.74) is 1.39. The first-order valence-electron chi connectivity index (χ1n) is 5.20. The molecule has 0 aliphatic carbocycles. The molecule has 1 aromatic carbocycles. The molecule has 0 bridgehead atoms. The standard InChI is InChI=1S/C12H15BrO/c1-2-11-12(14-11)8-7-9-5-3-4-6-10(9)13/h3-6,11-12H,2,7-8H2,1H3. The Kier molecular flexibility index (Phi) is 3.24. The number of ether oxygens (including phenoxy) is 1. The van der Waals surface area contributed by atoms with Gasteiger partial charge in [0.25, 0.3) is 0 Å². The molecule has 2 atom stereocenters. The lowest BCUT2D eigenvalue weighted by molar-refractivity contribution is 0.359. The van der Waals surface area contributed by atoms with Crippen LogP contribution < -0.4 is 0 Å². The van der Waals surface area contributed by atoms with E-state index in [2.05, 4.69) is 47.1 Å². The SMILES string of the molecule is CCC1OC1CCc1ccccc1Br. The van der Waals surface area contributed by atoms with E-state index < -0.39 is 0 Å². The number of hydrogen-bond donors (Lipinski definition) is 0. The predicted octanol–water partition coefficient (Wildman–Crippen LogP) is 3.56. The van der Waals surface area contributed by atoms with E-state index in [9.17, 15) is 0 Å². The van der Waals surface area contributed by atoms with E-state index in [1.807, 2.05) is 0 Å². The van der Waals surface area contributed by atoms with Gasteiger partial charge >= 0.3 is 0 Å². The maximum Gasteiger partial charge on any atom is 0.0845 e. The monoisotopic (exact) mass is 254 g/mol. The Hall–Kier alpha value is -0.340. The first kappa shape index (κ1) is 10.2. The van der Waals surface area contributed by atoms with Gasteiger partial charge in [-0.2, -0.15) is 0 Å². The number of hydrogen-bond acceptors (Lipinski definition) is 1. The van der Waals surface area contributed by atoms with Gasteiger partial charge < -0.3 is 4.74 Å². The van der Waals surface area contributed by atoms with Gasteiger partial charge in [0.1, 0.15) is 0 Å². The summed E-state index contributed by atoms with van der Waals surface area (Å²) in [5, 5.41) is 0. The highest BCUT2D eigenvalue weighted by Crippen LogP contribution is 2.30. The minimum absolute atomic E-state index is 0.520. The Morgan fingerprint density at radius 1 is 1.29 bits per heavy atom. The number of halogens is 1. The molecule has 0 spiro atoms. The molecule has 76 valence electrons. The molecule has 1 nitrogen and oxygen atoms in total. The average Bonchev–Trinajstić information content (AvgIpc) is 2.95. The minimum atomic E-state index is 0.520. The summed E-state index contributed by atoms with van der Waals surface area (Å²) in [6.07, 6.45) is 4.48. The van der Waals surface area contributed by atoms with Gasteiger partial charge in [0.05, 0.1) is 12.2 Å². The van der Waals surface area contributed by atoms with Crippen LogP contribution in [0.4, 0.5) is 0 Å². The maximum atomic E-state index is 5.51. The summed E-state index contributed by atoms with van der Waals surface area (Å²) in [5.74, 6) is 0. The molecule has 2 unspecified atom stereocenters. The third kappa shape index (κ3) is 2.37. The van der Waals surface area contributed by atoms with Crippen LogP contribution >= 0.6 is 15.9 Å². The van der Waals surface area contributed by atoms with Crippen molar-refractivity contribution in [1.82, 2.24) is 0 Å². The third-order valence-electron chi connectivity index (χ3n) is 2.75. The molecule has 0 saturated carbocycles. The van der Waals surface area contributed by atoms with E-state index in [0.717, 1.165) is 19.3 Å². The lowest BCUT2D eigenvalue weighted by atomic mass is 10.1. The van der Waals surface area contributed by atoms with Crippen LogP contribution in [0.3, 0.4) is 0 Å². The van der Waals surface area contributed by atoms with E-state index >= 15 is 0 Å². The number of benzene rings is 1. The van der Waals surface area contributed by atoms with E-state index in [1.165, 1.54) is 10.0 Å². The van der Waals surface area contributed by atoms with Crippen LogP contribution in [0.25, 0.3) is 0 Å². The summed E-state index contributed by atoms with van der Waals surface area (Å²) in [6.45, 7) is 2.18. The molecule has 0 N–H and O–H groups in total. The summed E-state index contributed by atoms with van der Waals surface area (Å²) >= 11 is 3.56. The Bertz CT molecular complexity index is 311. The molecule has 0 aromatic heterocycles. The van der Waals surface area contributed by atoms with Gasteiger partial charge in [-0.15, -0.1) is 0 Å². The van der Waals surface area contributed by atoms with Gasteiger partial charge in [-0.05, 0) is 30.9 Å². The summed E-state index contributed by atoms with van der Waals surface area (Å²) in [6, 6.07) is 8.41. The van der Waals surface area contributed by atoms with Gasteiger partial charge in [-0.1, -0.05) is 41.1 Å². The van der Waals surface area contributed by atoms with Crippen LogP contribution in [-0.4, -0.2) is 12.2 Å². The van der Waals surface area contributed by atoms with E-state index in [4.69, 9.17) is 4.74 Å². The molecule has 0 amide bonds. The van der Waals surface area contributed by atoms with Crippen molar-refractivity contribution in [3.05, 3.63) is 34.3 Å². The first-order chi connectivity index (χ1) is 6.81. The largest absolute Gasteiger partial charge is 0.370 e. The molecule has 1 aromatic rings. The quantitative estimate of drug-likeness (QED) is 0.749. The lowest BCUT2D eigenvalue weighted by Crippen LogP contribution is -1.96. The third-order valence-corrected chi connectivity index (χ3v) is 3.52. The van der Waals surface area contributed by atoms with E-state index in [1.54, 1.807) is 0 Å². The van der Waals surface area contributed by atoms with Crippen LogP contribution in [0.1, 0.15) is 25.3 Å². The fourth-order valence-electron chi connectivity index (χ4n) is 1.79. The number of rotatable bonds is 4. The van der Waals surface area contributed by atoms with Crippen molar-refractivity contribution in [2.24, 2.45) is 0 Å². The highest BCUT2D eigenvalue weighted by Gasteiger charge is 2.36. The lowest BCUT2D eigenvalue weighted by Gasteiger charge is -2.01. The average molecular weight is 255 g/mol. The number of aryl methyl sites for hydroxylation is 1. The molecule has 2 rings (SSSR count). The van der Waals surface area contributed by atoms with Crippen LogP contribution in [-0.2, 0) is 11.2 Å². The minimum Gasteiger partial charge on any atom is -0.370 e. The molecular formula is C12H15BrO. The van der Waals surface area contributed by atoms with Crippen molar-refractivity contribution in [2.45, 2.75) is 38.4 Å². The normalized spacial score (nSPS) is 25.0. The Morgan fingerprint density at radius 2 is 2.07 bits per heavy atom. The molecule has 1 heterocycles. The molecule has 14 heavy (non-hydrogen) atoms. The van der Waals surface area contributed by atoms with Gasteiger partial charge in [0.2, 0.25) is 0 Å². The second-order valence-electron chi connectivity index (χ2n) is 3.75. The zero-order valence-corrected chi connectivity index (χ0v) is 9.96. The molecule has 2 heteroatoms. The van der Waals surface area contributed by atoms with Gasteiger partial charge in [0.15, 0.2) is 0 Å². The summed E-state index contributed by atoms with van der Waals surface area (Å²) in [7, 11) is 0. The van der Waals surface area contributed by atoms with Crippen LogP contribution in [0.15, 0.2) is 28.7 Å². The van der Waals surface area contributed by atoms with Crippen molar-refractivity contribution in [3.63, 3.8) is 0 Å². The molecular weight excluding hydrogens is 240 g/mol. The Morgan fingerprint density at radius 3 is 2.71 bits per heavy atom. The van der Waals surface area contributed by atoms with E-state index in [-0.39, 0.29) is 0 Å². The molecule has 1 aliphatic heterocycles. The van der Waals surface area contributed by atoms with Crippen molar-refractivity contribution in [1.29, 1.82) is 0 Å². The van der Waals surface area contributed by atoms with E-state index in [0.29, 0.717) is 12.2 Å². The fourth-order valence-corrected chi connectivity index (χ4v) is 2.27. The zero-order valence-electron chi connectivity index (χ0n) is 8.37. The zero-order chi connectivity index (χ0) is 9.97. The molecule has 1 aliphatic rings. The van der Waals surface area contributed by atoms with Crippen molar-refractivity contribution >= 4 is 15.9 Å². The Balaban J connectivity index is 1.84. The number of epoxide rings is 1. The fraction of sp³-hybridized carbons (Fsp3) is 0.500. The van der Waals surface area contributed by atoms with Crippen LogP contribution in [0.5, 0.6) is 0 Å². The molecule has 1 fully saturated rings. The van der Waals surface area contributed by atoms with Gasteiger partial charge in [0, 0.05) is 4.47 Å².